The molecule has 19 heavy (non-hydrogen) atoms. The van der Waals surface area contributed by atoms with Gasteiger partial charge in [-0.2, -0.15) is 0 Å². The summed E-state index contributed by atoms with van der Waals surface area (Å²) in [7, 11) is 0. The first-order valence-electron chi connectivity index (χ1n) is 5.81. The highest BCUT2D eigenvalue weighted by atomic mass is 35.5. The van der Waals surface area contributed by atoms with Crippen molar-refractivity contribution in [3.63, 3.8) is 0 Å². The van der Waals surface area contributed by atoms with E-state index in [0.717, 1.165) is 11.3 Å². The summed E-state index contributed by atoms with van der Waals surface area (Å²) < 4.78 is 0. The van der Waals surface area contributed by atoms with E-state index in [4.69, 9.17) is 23.2 Å². The topological polar surface area (TPSA) is 33.2 Å². The van der Waals surface area contributed by atoms with Crippen LogP contribution in [0.5, 0.6) is 0 Å². The molecular weight excluding hydrogens is 283 g/mol. The van der Waals surface area contributed by atoms with Crippen molar-refractivity contribution >= 4 is 29.1 Å². The van der Waals surface area contributed by atoms with Crippen LogP contribution in [0, 0.1) is 0 Å². The van der Waals surface area contributed by atoms with Gasteiger partial charge >= 0.3 is 0 Å². The molecule has 0 unspecified atom stereocenters. The Hall–Kier alpha value is -1.58. The van der Waals surface area contributed by atoms with Gasteiger partial charge in [0.2, 0.25) is 0 Å². The monoisotopic (exact) mass is 292 g/mol. The van der Waals surface area contributed by atoms with Crippen LogP contribution in [-0.4, -0.2) is 15.8 Å². The van der Waals surface area contributed by atoms with E-state index in [2.05, 4.69) is 4.98 Å². The zero-order chi connectivity index (χ0) is 13.4. The number of hydrogen-bond donors (Lipinski definition) is 0. The molecule has 0 N–H and O–H groups in total. The highest BCUT2D eigenvalue weighted by molar-refractivity contribution is 6.31. The summed E-state index contributed by atoms with van der Waals surface area (Å²) in [6.45, 7) is 1.07. The summed E-state index contributed by atoms with van der Waals surface area (Å²) in [6.07, 6.45) is 1.57. The molecule has 1 aliphatic rings. The first-order valence-corrected chi connectivity index (χ1v) is 6.57. The number of amides is 1. The van der Waals surface area contributed by atoms with Crippen LogP contribution in [0.25, 0.3) is 0 Å². The van der Waals surface area contributed by atoms with Crippen LogP contribution in [0.4, 0.5) is 0 Å². The van der Waals surface area contributed by atoms with Gasteiger partial charge in [-0.05, 0) is 23.8 Å². The number of hydrogen-bond acceptors (Lipinski definition) is 2. The lowest BCUT2D eigenvalue weighted by molar-refractivity contribution is 0.0766. The molecular formula is C14H10Cl2N2O. The second-order valence-electron chi connectivity index (χ2n) is 4.44. The first kappa shape index (κ1) is 12.5. The number of fused-ring (bicyclic) bond motifs is 1. The van der Waals surface area contributed by atoms with Crippen LogP contribution < -0.4 is 0 Å². The lowest BCUT2D eigenvalue weighted by Gasteiger charge is -2.15. The molecule has 96 valence electrons. The molecule has 0 radical (unpaired) electrons. The average Bonchev–Trinajstić information content (AvgIpc) is 2.70. The third-order valence-electron chi connectivity index (χ3n) is 3.08. The molecule has 1 aromatic heterocycles. The van der Waals surface area contributed by atoms with Gasteiger partial charge in [0, 0.05) is 17.8 Å². The fourth-order valence-corrected chi connectivity index (χ4v) is 2.42. The van der Waals surface area contributed by atoms with E-state index < -0.39 is 0 Å². The number of carbonyl (C=O) groups is 1. The van der Waals surface area contributed by atoms with Crippen LogP contribution in [0.15, 0.2) is 36.5 Å². The number of rotatable bonds is 2. The number of carbonyl (C=O) groups excluding carboxylic acids is 1. The van der Waals surface area contributed by atoms with Crippen molar-refractivity contribution in [2.24, 2.45) is 0 Å². The Balaban J connectivity index is 1.82. The standard InChI is InChI=1S/C14H10Cl2N2O/c15-10-3-1-9(2-4-10)7-18-8-13-12(14(18)19)5-11(16)6-17-13/h1-6H,7-8H2. The molecule has 1 aromatic carbocycles. The van der Waals surface area contributed by atoms with Gasteiger partial charge in [-0.15, -0.1) is 0 Å². The minimum absolute atomic E-state index is 0.0278. The number of nitrogens with zero attached hydrogens (tertiary/aromatic N) is 2. The van der Waals surface area contributed by atoms with Gasteiger partial charge in [0.05, 0.1) is 22.8 Å². The summed E-state index contributed by atoms with van der Waals surface area (Å²) in [4.78, 5) is 18.2. The lowest BCUT2D eigenvalue weighted by atomic mass is 10.2. The molecule has 1 amide bonds. The molecule has 0 saturated carbocycles. The molecule has 2 aromatic rings. The summed E-state index contributed by atoms with van der Waals surface area (Å²) >= 11 is 11.7. The molecule has 0 bridgehead atoms. The van der Waals surface area contributed by atoms with Crippen molar-refractivity contribution in [2.45, 2.75) is 13.1 Å². The van der Waals surface area contributed by atoms with Gasteiger partial charge in [0.25, 0.3) is 5.91 Å². The highest BCUT2D eigenvalue weighted by Gasteiger charge is 2.28. The van der Waals surface area contributed by atoms with Crippen LogP contribution in [-0.2, 0) is 13.1 Å². The van der Waals surface area contributed by atoms with Gasteiger partial charge < -0.3 is 4.90 Å². The van der Waals surface area contributed by atoms with E-state index in [1.54, 1.807) is 17.2 Å². The molecule has 3 nitrogen and oxygen atoms in total. The van der Waals surface area contributed by atoms with Crippen molar-refractivity contribution in [2.75, 3.05) is 0 Å². The Morgan fingerprint density at radius 1 is 1.16 bits per heavy atom. The summed E-state index contributed by atoms with van der Waals surface area (Å²) in [5.41, 5.74) is 2.42. The van der Waals surface area contributed by atoms with Crippen molar-refractivity contribution in [3.05, 3.63) is 63.4 Å². The number of aromatic nitrogens is 1. The van der Waals surface area contributed by atoms with E-state index in [1.165, 1.54) is 0 Å². The maximum atomic E-state index is 12.2. The molecule has 2 heterocycles. The van der Waals surface area contributed by atoms with Crippen LogP contribution in [0.3, 0.4) is 0 Å². The SMILES string of the molecule is O=C1c2cc(Cl)cnc2CN1Cc1ccc(Cl)cc1. The van der Waals surface area contributed by atoms with E-state index in [0.29, 0.717) is 28.7 Å². The number of benzene rings is 1. The zero-order valence-corrected chi connectivity index (χ0v) is 11.4. The number of pyridine rings is 1. The van der Waals surface area contributed by atoms with Gasteiger partial charge in [-0.1, -0.05) is 35.3 Å². The van der Waals surface area contributed by atoms with Gasteiger partial charge in [-0.3, -0.25) is 9.78 Å². The maximum absolute atomic E-state index is 12.2. The lowest BCUT2D eigenvalue weighted by Crippen LogP contribution is -2.23. The summed E-state index contributed by atoms with van der Waals surface area (Å²) in [5, 5.41) is 1.17. The van der Waals surface area contributed by atoms with Crippen LogP contribution in [0.2, 0.25) is 10.0 Å². The van der Waals surface area contributed by atoms with Crippen molar-refractivity contribution in [3.8, 4) is 0 Å². The highest BCUT2D eigenvalue weighted by Crippen LogP contribution is 2.25. The number of halogens is 2. The molecule has 0 atom stereocenters. The third kappa shape index (κ3) is 2.44. The van der Waals surface area contributed by atoms with Gasteiger partial charge in [0.15, 0.2) is 0 Å². The van der Waals surface area contributed by atoms with Gasteiger partial charge in [0.1, 0.15) is 0 Å². The summed E-state index contributed by atoms with van der Waals surface area (Å²) in [6, 6.07) is 9.14. The smallest absolute Gasteiger partial charge is 0.256 e. The fraction of sp³-hybridized carbons (Fsp3) is 0.143. The second-order valence-corrected chi connectivity index (χ2v) is 5.31. The minimum atomic E-state index is -0.0278. The van der Waals surface area contributed by atoms with E-state index in [1.807, 2.05) is 24.3 Å². The predicted molar refractivity (Wildman–Crippen MR) is 74.3 cm³/mol. The first-order chi connectivity index (χ1) is 9.13. The molecule has 0 saturated heterocycles. The Kier molecular flexibility index (Phi) is 3.17. The molecule has 0 aliphatic carbocycles. The Bertz CT molecular complexity index is 640. The van der Waals surface area contributed by atoms with Crippen molar-refractivity contribution in [1.82, 2.24) is 9.88 Å². The molecule has 3 rings (SSSR count). The van der Waals surface area contributed by atoms with E-state index in [-0.39, 0.29) is 5.91 Å². The van der Waals surface area contributed by atoms with Crippen LogP contribution >= 0.6 is 23.2 Å². The molecule has 1 aliphatic heterocycles. The normalized spacial score (nSPS) is 13.8. The zero-order valence-electron chi connectivity index (χ0n) is 9.94. The quantitative estimate of drug-likeness (QED) is 0.848. The third-order valence-corrected chi connectivity index (χ3v) is 3.54. The largest absolute Gasteiger partial charge is 0.328 e. The van der Waals surface area contributed by atoms with Gasteiger partial charge in [-0.25, -0.2) is 0 Å². The van der Waals surface area contributed by atoms with Crippen LogP contribution in [0.1, 0.15) is 21.6 Å². The Morgan fingerprint density at radius 2 is 1.89 bits per heavy atom. The van der Waals surface area contributed by atoms with Crippen molar-refractivity contribution < 1.29 is 4.79 Å². The second kappa shape index (κ2) is 4.83. The molecule has 0 spiro atoms. The maximum Gasteiger partial charge on any atom is 0.256 e. The Morgan fingerprint density at radius 3 is 2.63 bits per heavy atom. The predicted octanol–water partition coefficient (Wildman–Crippen LogP) is 3.54. The van der Waals surface area contributed by atoms with Crippen molar-refractivity contribution in [1.29, 1.82) is 0 Å². The Labute approximate surface area is 120 Å². The van der Waals surface area contributed by atoms with E-state index >= 15 is 0 Å². The molecule has 0 fully saturated rings. The molecule has 5 heteroatoms. The average molecular weight is 293 g/mol. The minimum Gasteiger partial charge on any atom is -0.328 e. The fourth-order valence-electron chi connectivity index (χ4n) is 2.14. The van der Waals surface area contributed by atoms with E-state index in [9.17, 15) is 4.79 Å². The summed E-state index contributed by atoms with van der Waals surface area (Å²) in [5.74, 6) is -0.0278.